The van der Waals surface area contributed by atoms with E-state index in [9.17, 15) is 25.7 Å². The summed E-state index contributed by atoms with van der Waals surface area (Å²) in [6, 6.07) is 13.2. The zero-order valence-electron chi connectivity index (χ0n) is 16.1. The van der Waals surface area contributed by atoms with Gasteiger partial charge in [0.2, 0.25) is 0 Å². The van der Waals surface area contributed by atoms with E-state index < -0.39 is 37.1 Å². The van der Waals surface area contributed by atoms with Gasteiger partial charge < -0.3 is 25.2 Å². The molecule has 2 aliphatic rings. The number of aliphatic hydroxyl groups is 4. The molecule has 158 valence electrons. The Kier molecular flexibility index (Phi) is 6.09. The van der Waals surface area contributed by atoms with Gasteiger partial charge in [-0.25, -0.2) is 0 Å². The predicted octanol–water partition coefficient (Wildman–Crippen LogP) is 1.24. The lowest BCUT2D eigenvalue weighted by Gasteiger charge is -2.40. The van der Waals surface area contributed by atoms with Crippen molar-refractivity contribution in [3.05, 3.63) is 69.2 Å². The second-order valence-electron chi connectivity index (χ2n) is 7.80. The van der Waals surface area contributed by atoms with E-state index in [1.54, 1.807) is 12.1 Å². The molecule has 5 unspecified atom stereocenters. The molecule has 2 aromatic rings. The van der Waals surface area contributed by atoms with Gasteiger partial charge in [0.15, 0.2) is 0 Å². The smallest absolute Gasteiger partial charge is 0.113 e. The summed E-state index contributed by atoms with van der Waals surface area (Å²) < 4.78 is 5.66. The summed E-state index contributed by atoms with van der Waals surface area (Å²) in [4.78, 5) is 2.17. The highest BCUT2D eigenvalue weighted by Crippen LogP contribution is 2.35. The maximum absolute atomic E-state index is 10.4. The fourth-order valence-corrected chi connectivity index (χ4v) is 4.39. The van der Waals surface area contributed by atoms with E-state index in [1.165, 1.54) is 0 Å². The third kappa shape index (κ3) is 3.84. The Labute approximate surface area is 179 Å². The molecule has 8 heteroatoms. The maximum atomic E-state index is 10.4. The molecule has 2 aromatic carbocycles. The molecule has 7 nitrogen and oxygen atoms in total. The van der Waals surface area contributed by atoms with Gasteiger partial charge >= 0.3 is 0 Å². The molecule has 0 bridgehead atoms. The average molecular weight is 431 g/mol. The normalized spacial score (nSPS) is 28.9. The zero-order valence-corrected chi connectivity index (χ0v) is 16.9. The Morgan fingerprint density at radius 1 is 1.10 bits per heavy atom. The van der Waals surface area contributed by atoms with Crippen molar-refractivity contribution in [3.8, 4) is 6.07 Å². The van der Waals surface area contributed by atoms with Crippen LogP contribution in [0.4, 0.5) is 0 Å². The first-order valence-corrected chi connectivity index (χ1v) is 10.1. The average Bonchev–Trinajstić information content (AvgIpc) is 3.16. The first-order chi connectivity index (χ1) is 14.4. The van der Waals surface area contributed by atoms with Gasteiger partial charge in [0.25, 0.3) is 0 Å². The topological polar surface area (TPSA) is 117 Å². The van der Waals surface area contributed by atoms with E-state index in [-0.39, 0.29) is 0 Å². The van der Waals surface area contributed by atoms with Crippen molar-refractivity contribution in [1.29, 1.82) is 5.26 Å². The van der Waals surface area contributed by atoms with Crippen molar-refractivity contribution in [3.63, 3.8) is 0 Å². The molecule has 1 fully saturated rings. The van der Waals surface area contributed by atoms with Crippen LogP contribution in [0, 0.1) is 11.3 Å². The van der Waals surface area contributed by atoms with Crippen LogP contribution in [-0.4, -0.2) is 56.3 Å². The quantitative estimate of drug-likeness (QED) is 0.576. The Morgan fingerprint density at radius 2 is 1.90 bits per heavy atom. The monoisotopic (exact) mass is 430 g/mol. The summed E-state index contributed by atoms with van der Waals surface area (Å²) >= 11 is 6.42. The van der Waals surface area contributed by atoms with Crippen LogP contribution >= 0.6 is 11.6 Å². The molecule has 0 aromatic heterocycles. The standard InChI is InChI=1S/C22H23ClN2O5/c23-17-5-4-12(22-21(29)20(28)19(27)18(11-26)30-22)6-15(17)9-25-8-14-3-1-2-13(7-24)16(14)10-25/h1-6,18-22,26-29H,8-11H2. The van der Waals surface area contributed by atoms with Crippen LogP contribution in [0.15, 0.2) is 36.4 Å². The molecule has 0 aliphatic carbocycles. The minimum atomic E-state index is -1.43. The lowest BCUT2D eigenvalue weighted by Crippen LogP contribution is -2.55. The van der Waals surface area contributed by atoms with Crippen molar-refractivity contribution in [2.75, 3.05) is 6.61 Å². The minimum absolute atomic E-state index is 0.477. The Bertz CT molecular complexity index is 976. The van der Waals surface area contributed by atoms with Gasteiger partial charge in [0.1, 0.15) is 30.5 Å². The number of nitrogens with zero attached hydrogens (tertiary/aromatic N) is 2. The molecule has 0 spiro atoms. The molecule has 30 heavy (non-hydrogen) atoms. The Hall–Kier alpha value is -2.02. The molecule has 5 atom stereocenters. The van der Waals surface area contributed by atoms with Crippen LogP contribution in [0.25, 0.3) is 0 Å². The van der Waals surface area contributed by atoms with Gasteiger partial charge in [-0.3, -0.25) is 4.90 Å². The van der Waals surface area contributed by atoms with Crippen molar-refractivity contribution < 1.29 is 25.2 Å². The third-order valence-corrected chi connectivity index (χ3v) is 6.22. The molecule has 4 N–H and O–H groups in total. The summed E-state index contributed by atoms with van der Waals surface area (Å²) in [5, 5.41) is 49.8. The highest BCUT2D eigenvalue weighted by molar-refractivity contribution is 6.31. The van der Waals surface area contributed by atoms with Crippen LogP contribution in [-0.2, 0) is 24.4 Å². The number of hydrogen-bond acceptors (Lipinski definition) is 7. The van der Waals surface area contributed by atoms with Crippen LogP contribution in [0.1, 0.15) is 33.9 Å². The summed E-state index contributed by atoms with van der Waals surface area (Å²) in [6.45, 7) is 1.39. The van der Waals surface area contributed by atoms with Gasteiger partial charge in [-0.05, 0) is 34.4 Å². The maximum Gasteiger partial charge on any atom is 0.113 e. The van der Waals surface area contributed by atoms with Crippen LogP contribution in [0.2, 0.25) is 5.02 Å². The number of hydrogen-bond donors (Lipinski definition) is 4. The highest BCUT2D eigenvalue weighted by Gasteiger charge is 2.44. The van der Waals surface area contributed by atoms with E-state index in [4.69, 9.17) is 16.3 Å². The minimum Gasteiger partial charge on any atom is -0.394 e. The number of nitriles is 1. The predicted molar refractivity (Wildman–Crippen MR) is 108 cm³/mol. The SMILES string of the molecule is N#Cc1cccc2c1CN(Cc1cc(C3OC(CO)C(O)C(O)C3O)ccc1Cl)C2. The van der Waals surface area contributed by atoms with Crippen molar-refractivity contribution in [1.82, 2.24) is 4.90 Å². The third-order valence-electron chi connectivity index (χ3n) is 5.85. The van der Waals surface area contributed by atoms with Gasteiger partial charge in [0.05, 0.1) is 18.2 Å². The zero-order chi connectivity index (χ0) is 21.4. The van der Waals surface area contributed by atoms with E-state index in [0.717, 1.165) is 16.7 Å². The molecule has 1 saturated heterocycles. The van der Waals surface area contributed by atoms with Gasteiger partial charge in [-0.1, -0.05) is 35.9 Å². The fourth-order valence-electron chi connectivity index (χ4n) is 4.22. The van der Waals surface area contributed by atoms with Crippen LogP contribution in [0.3, 0.4) is 0 Å². The van der Waals surface area contributed by atoms with E-state index >= 15 is 0 Å². The number of benzene rings is 2. The molecule has 0 amide bonds. The molecular weight excluding hydrogens is 408 g/mol. The number of ether oxygens (including phenoxy) is 1. The number of halogens is 1. The summed E-state index contributed by atoms with van der Waals surface area (Å²) in [5.74, 6) is 0. The van der Waals surface area contributed by atoms with Crippen molar-refractivity contribution >= 4 is 11.6 Å². The molecule has 2 heterocycles. The van der Waals surface area contributed by atoms with Crippen LogP contribution < -0.4 is 0 Å². The molecule has 4 rings (SSSR count). The van der Waals surface area contributed by atoms with E-state index in [1.807, 2.05) is 24.3 Å². The number of aliphatic hydroxyl groups excluding tert-OH is 4. The Balaban J connectivity index is 1.55. The molecular formula is C22H23ClN2O5. The number of rotatable bonds is 4. The lowest BCUT2D eigenvalue weighted by atomic mass is 9.90. The van der Waals surface area contributed by atoms with Crippen LogP contribution in [0.5, 0.6) is 0 Å². The Morgan fingerprint density at radius 3 is 2.63 bits per heavy atom. The second kappa shape index (κ2) is 8.61. The van der Waals surface area contributed by atoms with E-state index in [0.29, 0.717) is 35.8 Å². The van der Waals surface area contributed by atoms with Gasteiger partial charge in [-0.2, -0.15) is 5.26 Å². The second-order valence-corrected chi connectivity index (χ2v) is 8.21. The highest BCUT2D eigenvalue weighted by atomic mass is 35.5. The van der Waals surface area contributed by atoms with Gasteiger partial charge in [-0.15, -0.1) is 0 Å². The first kappa shape index (κ1) is 21.2. The lowest BCUT2D eigenvalue weighted by molar-refractivity contribution is -0.231. The summed E-state index contributed by atoms with van der Waals surface area (Å²) in [7, 11) is 0. The van der Waals surface area contributed by atoms with Crippen molar-refractivity contribution in [2.24, 2.45) is 0 Å². The molecule has 0 saturated carbocycles. The first-order valence-electron chi connectivity index (χ1n) is 9.75. The largest absolute Gasteiger partial charge is 0.394 e. The summed E-state index contributed by atoms with van der Waals surface area (Å²) in [5.41, 5.74) is 4.24. The number of fused-ring (bicyclic) bond motifs is 1. The fraction of sp³-hybridized carbons (Fsp3) is 0.409. The van der Waals surface area contributed by atoms with E-state index in [2.05, 4.69) is 11.0 Å². The van der Waals surface area contributed by atoms with Gasteiger partial charge in [0, 0.05) is 24.7 Å². The molecule has 2 aliphatic heterocycles. The summed E-state index contributed by atoms with van der Waals surface area (Å²) in [6.07, 6.45) is -6.04. The molecule has 0 radical (unpaired) electrons. The van der Waals surface area contributed by atoms with Crippen molar-refractivity contribution in [2.45, 2.75) is 50.2 Å².